The molecule has 1 rings (SSSR count). The lowest BCUT2D eigenvalue weighted by Crippen LogP contribution is -2.30. The van der Waals surface area contributed by atoms with E-state index in [9.17, 15) is 4.79 Å². The molecule has 0 fully saturated rings. The number of carbonyl (C=O) groups is 1. The summed E-state index contributed by atoms with van der Waals surface area (Å²) >= 11 is 0. The molecular formula is C18H29NO. The van der Waals surface area contributed by atoms with Gasteiger partial charge in [-0.05, 0) is 24.5 Å². The Balaban J connectivity index is 2.53. The first-order chi connectivity index (χ1) is 9.71. The molecular weight excluding hydrogens is 246 g/mol. The van der Waals surface area contributed by atoms with E-state index in [1.807, 2.05) is 30.3 Å². The molecule has 0 saturated carbocycles. The van der Waals surface area contributed by atoms with Crippen molar-refractivity contribution < 1.29 is 4.79 Å². The zero-order valence-corrected chi connectivity index (χ0v) is 13.2. The zero-order valence-electron chi connectivity index (χ0n) is 13.2. The van der Waals surface area contributed by atoms with Crippen LogP contribution in [-0.4, -0.2) is 11.8 Å². The monoisotopic (exact) mass is 275 g/mol. The van der Waals surface area contributed by atoms with E-state index < -0.39 is 0 Å². The lowest BCUT2D eigenvalue weighted by Gasteiger charge is -2.20. The van der Waals surface area contributed by atoms with E-state index in [2.05, 4.69) is 26.1 Å². The molecule has 0 heterocycles. The van der Waals surface area contributed by atoms with E-state index in [1.165, 1.54) is 19.3 Å². The summed E-state index contributed by atoms with van der Waals surface area (Å²) in [6.45, 7) is 6.48. The van der Waals surface area contributed by atoms with Gasteiger partial charge in [-0.1, -0.05) is 64.7 Å². The van der Waals surface area contributed by atoms with Gasteiger partial charge in [0.25, 0.3) is 0 Å². The summed E-state index contributed by atoms with van der Waals surface area (Å²) < 4.78 is 0. The normalized spacial score (nSPS) is 13.8. The molecule has 1 aromatic carbocycles. The second-order valence-electron chi connectivity index (χ2n) is 5.56. The van der Waals surface area contributed by atoms with E-state index in [0.717, 1.165) is 24.9 Å². The van der Waals surface area contributed by atoms with Crippen molar-refractivity contribution in [2.45, 2.75) is 65.3 Å². The van der Waals surface area contributed by atoms with Crippen molar-refractivity contribution in [1.29, 1.82) is 0 Å². The van der Waals surface area contributed by atoms with Crippen molar-refractivity contribution in [1.82, 2.24) is 0 Å². The number of ketones is 1. The first-order valence-corrected chi connectivity index (χ1v) is 8.05. The molecule has 112 valence electrons. The van der Waals surface area contributed by atoms with E-state index in [0.29, 0.717) is 11.7 Å². The molecule has 0 aliphatic heterocycles. The van der Waals surface area contributed by atoms with Crippen LogP contribution in [0.15, 0.2) is 30.3 Å². The maximum atomic E-state index is 12.4. The molecule has 2 heteroatoms. The maximum absolute atomic E-state index is 12.4. The quantitative estimate of drug-likeness (QED) is 0.647. The van der Waals surface area contributed by atoms with E-state index in [-0.39, 0.29) is 6.04 Å². The molecule has 2 atom stereocenters. The van der Waals surface area contributed by atoms with Crippen LogP contribution in [0.25, 0.3) is 0 Å². The summed E-state index contributed by atoms with van der Waals surface area (Å²) in [7, 11) is 0. The van der Waals surface area contributed by atoms with Crippen LogP contribution in [0.3, 0.4) is 0 Å². The Kier molecular flexibility index (Phi) is 8.01. The summed E-state index contributed by atoms with van der Waals surface area (Å²) in [4.78, 5) is 12.4. The highest BCUT2D eigenvalue weighted by molar-refractivity contribution is 5.86. The highest BCUT2D eigenvalue weighted by atomic mass is 16.1. The van der Waals surface area contributed by atoms with E-state index in [4.69, 9.17) is 0 Å². The molecule has 0 radical (unpaired) electrons. The Labute approximate surface area is 124 Å². The minimum absolute atomic E-state index is 0.0481. The van der Waals surface area contributed by atoms with Crippen LogP contribution in [-0.2, 0) is 4.79 Å². The lowest BCUT2D eigenvalue weighted by molar-refractivity contribution is -0.120. The summed E-state index contributed by atoms with van der Waals surface area (Å²) in [5.74, 6) is 0.911. The fraction of sp³-hybridized carbons (Fsp3) is 0.611. The standard InChI is InChI=1S/C18H29NO/c1-4-7-11-15(5-2)14-18(20)17(6-3)19-16-12-9-8-10-13-16/h8-10,12-13,15,17,19H,4-7,11,14H2,1-3H3. The number of hydrogen-bond donors (Lipinski definition) is 1. The second kappa shape index (κ2) is 9.57. The van der Waals surface area contributed by atoms with Gasteiger partial charge in [-0.25, -0.2) is 0 Å². The second-order valence-corrected chi connectivity index (χ2v) is 5.56. The van der Waals surface area contributed by atoms with E-state index in [1.54, 1.807) is 0 Å². The molecule has 20 heavy (non-hydrogen) atoms. The average Bonchev–Trinajstić information content (AvgIpc) is 2.49. The number of para-hydroxylation sites is 1. The van der Waals surface area contributed by atoms with Crippen LogP contribution >= 0.6 is 0 Å². The summed E-state index contributed by atoms with van der Waals surface area (Å²) in [5.41, 5.74) is 1.04. The Morgan fingerprint density at radius 1 is 1.10 bits per heavy atom. The number of rotatable bonds is 10. The van der Waals surface area contributed by atoms with Gasteiger partial charge < -0.3 is 5.32 Å². The largest absolute Gasteiger partial charge is 0.375 e. The number of hydrogen-bond acceptors (Lipinski definition) is 2. The van der Waals surface area contributed by atoms with Gasteiger partial charge in [0, 0.05) is 12.1 Å². The fourth-order valence-electron chi connectivity index (χ4n) is 2.52. The van der Waals surface area contributed by atoms with Crippen LogP contribution in [0, 0.1) is 5.92 Å². The van der Waals surface area contributed by atoms with Crippen LogP contribution in [0.5, 0.6) is 0 Å². The van der Waals surface area contributed by atoms with Gasteiger partial charge in [-0.3, -0.25) is 4.79 Å². The molecule has 0 saturated heterocycles. The Bertz CT molecular complexity index is 374. The molecule has 2 nitrogen and oxygen atoms in total. The van der Waals surface area contributed by atoms with Crippen LogP contribution in [0.1, 0.15) is 59.3 Å². The molecule has 0 amide bonds. The van der Waals surface area contributed by atoms with Crippen molar-refractivity contribution in [2.75, 3.05) is 5.32 Å². The Morgan fingerprint density at radius 2 is 1.80 bits per heavy atom. The van der Waals surface area contributed by atoms with Gasteiger partial charge >= 0.3 is 0 Å². The number of unbranched alkanes of at least 4 members (excludes halogenated alkanes) is 1. The predicted octanol–water partition coefficient (Wildman–Crippen LogP) is 5.05. The molecule has 2 unspecified atom stereocenters. The smallest absolute Gasteiger partial charge is 0.155 e. The SMILES string of the molecule is CCCCC(CC)CC(=O)C(CC)Nc1ccccc1. The topological polar surface area (TPSA) is 29.1 Å². The van der Waals surface area contributed by atoms with Gasteiger partial charge in [0.05, 0.1) is 6.04 Å². The van der Waals surface area contributed by atoms with Gasteiger partial charge in [-0.15, -0.1) is 0 Å². The van der Waals surface area contributed by atoms with Gasteiger partial charge in [0.1, 0.15) is 0 Å². The Morgan fingerprint density at radius 3 is 2.35 bits per heavy atom. The number of benzene rings is 1. The molecule has 0 spiro atoms. The minimum atomic E-state index is -0.0481. The molecule has 0 bridgehead atoms. The Hall–Kier alpha value is -1.31. The van der Waals surface area contributed by atoms with Crippen molar-refractivity contribution in [3.8, 4) is 0 Å². The highest BCUT2D eigenvalue weighted by Gasteiger charge is 2.19. The number of nitrogens with one attached hydrogen (secondary N) is 1. The third-order valence-electron chi connectivity index (χ3n) is 3.94. The number of Topliss-reactive ketones (excluding diaryl/α,β-unsaturated/α-hetero) is 1. The summed E-state index contributed by atoms with van der Waals surface area (Å²) in [5, 5.41) is 3.36. The van der Waals surface area contributed by atoms with Crippen molar-refractivity contribution >= 4 is 11.5 Å². The number of anilines is 1. The first-order valence-electron chi connectivity index (χ1n) is 8.05. The van der Waals surface area contributed by atoms with Crippen molar-refractivity contribution in [3.05, 3.63) is 30.3 Å². The van der Waals surface area contributed by atoms with Crippen molar-refractivity contribution in [3.63, 3.8) is 0 Å². The molecule has 0 aromatic heterocycles. The highest BCUT2D eigenvalue weighted by Crippen LogP contribution is 2.19. The fourth-order valence-corrected chi connectivity index (χ4v) is 2.52. The molecule has 1 aromatic rings. The summed E-state index contributed by atoms with van der Waals surface area (Å²) in [6.07, 6.45) is 6.29. The average molecular weight is 275 g/mol. The third kappa shape index (κ3) is 5.77. The predicted molar refractivity (Wildman–Crippen MR) is 87.1 cm³/mol. The van der Waals surface area contributed by atoms with Crippen LogP contribution in [0.2, 0.25) is 0 Å². The summed E-state index contributed by atoms with van der Waals surface area (Å²) in [6, 6.07) is 9.97. The molecule has 1 N–H and O–H groups in total. The third-order valence-corrected chi connectivity index (χ3v) is 3.94. The zero-order chi connectivity index (χ0) is 14.8. The van der Waals surface area contributed by atoms with E-state index >= 15 is 0 Å². The molecule has 0 aliphatic carbocycles. The van der Waals surface area contributed by atoms with Crippen LogP contribution < -0.4 is 5.32 Å². The van der Waals surface area contributed by atoms with Crippen LogP contribution in [0.4, 0.5) is 5.69 Å². The first kappa shape index (κ1) is 16.7. The van der Waals surface area contributed by atoms with Gasteiger partial charge in [-0.2, -0.15) is 0 Å². The molecule has 0 aliphatic rings. The van der Waals surface area contributed by atoms with Gasteiger partial charge in [0.2, 0.25) is 0 Å². The number of carbonyl (C=O) groups excluding carboxylic acids is 1. The lowest BCUT2D eigenvalue weighted by atomic mass is 9.91. The van der Waals surface area contributed by atoms with Crippen molar-refractivity contribution in [2.24, 2.45) is 5.92 Å². The minimum Gasteiger partial charge on any atom is -0.375 e. The van der Waals surface area contributed by atoms with Gasteiger partial charge in [0.15, 0.2) is 5.78 Å². The maximum Gasteiger partial charge on any atom is 0.155 e.